The first-order valence-electron chi connectivity index (χ1n) is 9.37. The van der Waals surface area contributed by atoms with E-state index in [1.54, 1.807) is 0 Å². The van der Waals surface area contributed by atoms with Crippen LogP contribution in [0.5, 0.6) is 0 Å². The van der Waals surface area contributed by atoms with Crippen LogP contribution >= 0.6 is 0 Å². The molecule has 2 nitrogen and oxygen atoms in total. The highest BCUT2D eigenvalue weighted by Gasteiger charge is 2.41. The van der Waals surface area contributed by atoms with Gasteiger partial charge in [0, 0.05) is 12.6 Å². The molecule has 1 N–H and O–H groups in total. The van der Waals surface area contributed by atoms with Gasteiger partial charge >= 0.3 is 0 Å². The molecule has 3 aliphatic rings. The molecule has 122 valence electrons. The highest BCUT2D eigenvalue weighted by atomic mass is 16.3. The molecule has 0 spiro atoms. The number of piperidine rings is 1. The number of hydrogen-bond donors (Lipinski definition) is 1. The van der Waals surface area contributed by atoms with E-state index in [2.05, 4.69) is 25.7 Å². The van der Waals surface area contributed by atoms with E-state index in [-0.39, 0.29) is 6.10 Å². The van der Waals surface area contributed by atoms with Crippen molar-refractivity contribution in [3.63, 3.8) is 0 Å². The van der Waals surface area contributed by atoms with Gasteiger partial charge in [0.05, 0.1) is 6.10 Å². The van der Waals surface area contributed by atoms with E-state index >= 15 is 0 Å². The molecule has 1 saturated heterocycles. The van der Waals surface area contributed by atoms with Crippen molar-refractivity contribution in [1.82, 2.24) is 4.90 Å². The minimum Gasteiger partial charge on any atom is -0.391 e. The van der Waals surface area contributed by atoms with Crippen LogP contribution in [0.25, 0.3) is 0 Å². The Morgan fingerprint density at radius 1 is 0.905 bits per heavy atom. The van der Waals surface area contributed by atoms with E-state index in [9.17, 15) is 5.11 Å². The van der Waals surface area contributed by atoms with Crippen molar-refractivity contribution < 1.29 is 5.11 Å². The van der Waals surface area contributed by atoms with Crippen LogP contribution in [0.3, 0.4) is 0 Å². The summed E-state index contributed by atoms with van der Waals surface area (Å²) < 4.78 is 0. The third-order valence-electron chi connectivity index (χ3n) is 6.80. The van der Waals surface area contributed by atoms with Crippen LogP contribution in [0.1, 0.15) is 72.1 Å². The Kier molecular flexibility index (Phi) is 4.66. The molecule has 2 aliphatic carbocycles. The second-order valence-corrected chi connectivity index (χ2v) is 9.10. The standard InChI is InChI=1S/C19H35NO/c1-19(2,3)16-8-9-18(21)17(12-16)20-11-10-14-6-4-5-7-15(14)13-20/h14-18,21H,4-13H2,1-3H3. The van der Waals surface area contributed by atoms with Gasteiger partial charge in [0.1, 0.15) is 0 Å². The molecule has 0 aromatic carbocycles. The molecular formula is C19H35NO. The molecule has 3 fully saturated rings. The summed E-state index contributed by atoms with van der Waals surface area (Å²) in [4.78, 5) is 2.68. The van der Waals surface area contributed by atoms with Crippen molar-refractivity contribution >= 4 is 0 Å². The fourth-order valence-corrected chi connectivity index (χ4v) is 5.24. The summed E-state index contributed by atoms with van der Waals surface area (Å²) in [6, 6.07) is 0.436. The van der Waals surface area contributed by atoms with E-state index in [0.717, 1.165) is 24.2 Å². The lowest BCUT2D eigenvalue weighted by atomic mass is 9.69. The summed E-state index contributed by atoms with van der Waals surface area (Å²) in [5.41, 5.74) is 0.390. The van der Waals surface area contributed by atoms with Crippen molar-refractivity contribution in [3.8, 4) is 0 Å². The Hall–Kier alpha value is -0.0800. The lowest BCUT2D eigenvalue weighted by molar-refractivity contribution is -0.0448. The quantitative estimate of drug-likeness (QED) is 0.787. The Morgan fingerprint density at radius 3 is 2.33 bits per heavy atom. The Bertz CT molecular complexity index is 348. The van der Waals surface area contributed by atoms with Crippen LogP contribution < -0.4 is 0 Å². The molecule has 0 amide bonds. The van der Waals surface area contributed by atoms with E-state index in [1.165, 1.54) is 58.0 Å². The summed E-state index contributed by atoms with van der Waals surface area (Å²) in [6.07, 6.45) is 10.5. The molecule has 0 aromatic heterocycles. The normalized spacial score (nSPS) is 42.6. The lowest BCUT2D eigenvalue weighted by Crippen LogP contribution is -2.54. The summed E-state index contributed by atoms with van der Waals surface area (Å²) in [7, 11) is 0. The summed E-state index contributed by atoms with van der Waals surface area (Å²) >= 11 is 0. The molecule has 5 atom stereocenters. The van der Waals surface area contributed by atoms with Crippen molar-refractivity contribution in [2.75, 3.05) is 13.1 Å². The first-order chi connectivity index (χ1) is 9.95. The largest absolute Gasteiger partial charge is 0.391 e. The second-order valence-electron chi connectivity index (χ2n) is 9.10. The number of fused-ring (bicyclic) bond motifs is 1. The molecule has 2 heteroatoms. The second kappa shape index (κ2) is 6.20. The Morgan fingerprint density at radius 2 is 1.62 bits per heavy atom. The van der Waals surface area contributed by atoms with Gasteiger partial charge in [-0.3, -0.25) is 4.90 Å². The van der Waals surface area contributed by atoms with Gasteiger partial charge in [-0.15, -0.1) is 0 Å². The first kappa shape index (κ1) is 15.8. The minimum atomic E-state index is -0.0799. The highest BCUT2D eigenvalue weighted by molar-refractivity contribution is 4.94. The molecule has 1 aliphatic heterocycles. The van der Waals surface area contributed by atoms with Gasteiger partial charge < -0.3 is 5.11 Å². The van der Waals surface area contributed by atoms with E-state index in [1.807, 2.05) is 0 Å². The van der Waals surface area contributed by atoms with Gasteiger partial charge in [-0.1, -0.05) is 40.0 Å². The highest BCUT2D eigenvalue weighted by Crippen LogP contribution is 2.42. The van der Waals surface area contributed by atoms with Crippen molar-refractivity contribution in [1.29, 1.82) is 0 Å². The molecule has 21 heavy (non-hydrogen) atoms. The van der Waals surface area contributed by atoms with Gasteiger partial charge in [0.25, 0.3) is 0 Å². The zero-order valence-electron chi connectivity index (χ0n) is 14.4. The van der Waals surface area contributed by atoms with Crippen molar-refractivity contribution in [2.45, 2.75) is 84.3 Å². The van der Waals surface area contributed by atoms with Crippen LogP contribution in [0, 0.1) is 23.2 Å². The number of hydrogen-bond acceptors (Lipinski definition) is 2. The minimum absolute atomic E-state index is 0.0799. The van der Waals surface area contributed by atoms with E-state index in [4.69, 9.17) is 0 Å². The van der Waals surface area contributed by atoms with Crippen LogP contribution in [-0.2, 0) is 0 Å². The van der Waals surface area contributed by atoms with Gasteiger partial charge in [0.15, 0.2) is 0 Å². The number of aliphatic hydroxyl groups excluding tert-OH is 1. The summed E-state index contributed by atoms with van der Waals surface area (Å²) in [6.45, 7) is 9.63. The number of rotatable bonds is 1. The average Bonchev–Trinajstić information content (AvgIpc) is 2.46. The first-order valence-corrected chi connectivity index (χ1v) is 9.37. The van der Waals surface area contributed by atoms with Crippen molar-refractivity contribution in [3.05, 3.63) is 0 Å². The fraction of sp³-hybridized carbons (Fsp3) is 1.00. The van der Waals surface area contributed by atoms with Gasteiger partial charge in [-0.25, -0.2) is 0 Å². The summed E-state index contributed by atoms with van der Waals surface area (Å²) in [5.74, 6) is 2.69. The molecular weight excluding hydrogens is 258 g/mol. The third-order valence-corrected chi connectivity index (χ3v) is 6.80. The molecule has 5 unspecified atom stereocenters. The smallest absolute Gasteiger partial charge is 0.0695 e. The molecule has 0 radical (unpaired) electrons. The maximum atomic E-state index is 10.6. The SMILES string of the molecule is CC(C)(C)C1CCC(O)C(N2CCC3CCCCC3C2)C1. The van der Waals surface area contributed by atoms with Crippen LogP contribution in [-0.4, -0.2) is 35.2 Å². The molecule has 0 aromatic rings. The van der Waals surface area contributed by atoms with Crippen LogP contribution in [0.2, 0.25) is 0 Å². The zero-order chi connectivity index (χ0) is 15.0. The predicted octanol–water partition coefficient (Wildman–Crippen LogP) is 4.07. The number of nitrogens with zero attached hydrogens (tertiary/aromatic N) is 1. The lowest BCUT2D eigenvalue weighted by Gasteiger charge is -2.49. The molecule has 1 heterocycles. The van der Waals surface area contributed by atoms with Crippen molar-refractivity contribution in [2.24, 2.45) is 23.2 Å². The Balaban J connectivity index is 1.64. The molecule has 3 rings (SSSR count). The third kappa shape index (κ3) is 3.47. The Labute approximate surface area is 131 Å². The predicted molar refractivity (Wildman–Crippen MR) is 88.2 cm³/mol. The van der Waals surface area contributed by atoms with Crippen LogP contribution in [0.15, 0.2) is 0 Å². The van der Waals surface area contributed by atoms with Gasteiger partial charge in [-0.2, -0.15) is 0 Å². The average molecular weight is 293 g/mol. The maximum Gasteiger partial charge on any atom is 0.0695 e. The van der Waals surface area contributed by atoms with Gasteiger partial charge in [0.2, 0.25) is 0 Å². The summed E-state index contributed by atoms with van der Waals surface area (Å²) in [5, 5.41) is 10.6. The molecule has 0 bridgehead atoms. The molecule has 2 saturated carbocycles. The monoisotopic (exact) mass is 293 g/mol. The maximum absolute atomic E-state index is 10.6. The van der Waals surface area contributed by atoms with E-state index < -0.39 is 0 Å². The zero-order valence-corrected chi connectivity index (χ0v) is 14.4. The van der Waals surface area contributed by atoms with E-state index in [0.29, 0.717) is 11.5 Å². The topological polar surface area (TPSA) is 23.5 Å². The number of aliphatic hydroxyl groups is 1. The number of likely N-dealkylation sites (tertiary alicyclic amines) is 1. The van der Waals surface area contributed by atoms with Crippen LogP contribution in [0.4, 0.5) is 0 Å². The van der Waals surface area contributed by atoms with Gasteiger partial charge in [-0.05, 0) is 61.8 Å². The fourth-order valence-electron chi connectivity index (χ4n) is 5.24.